The van der Waals surface area contributed by atoms with Crippen LogP contribution in [0.3, 0.4) is 0 Å². The number of methoxy groups -OCH3 is 2. The Bertz CT molecular complexity index is 644. The predicted octanol–water partition coefficient (Wildman–Crippen LogP) is 4.93. The van der Waals surface area contributed by atoms with E-state index in [1.807, 2.05) is 30.3 Å². The van der Waals surface area contributed by atoms with Crippen LogP contribution >= 0.6 is 43.5 Å². The second-order valence-corrected chi connectivity index (χ2v) is 6.53. The molecule has 2 rings (SSSR count). The first-order chi connectivity index (χ1) is 9.97. The van der Waals surface area contributed by atoms with E-state index in [2.05, 4.69) is 31.9 Å². The molecule has 2 N–H and O–H groups in total. The fraction of sp³-hybridized carbons (Fsp3) is 0.200. The lowest BCUT2D eigenvalue weighted by molar-refractivity contribution is 0.385. The van der Waals surface area contributed by atoms with Crippen LogP contribution in [0.4, 0.5) is 0 Å². The van der Waals surface area contributed by atoms with Crippen LogP contribution in [0.1, 0.15) is 17.2 Å². The van der Waals surface area contributed by atoms with Gasteiger partial charge < -0.3 is 15.2 Å². The molecule has 21 heavy (non-hydrogen) atoms. The number of hydrogen-bond donors (Lipinski definition) is 1. The molecule has 0 aliphatic carbocycles. The lowest BCUT2D eigenvalue weighted by Crippen LogP contribution is -2.13. The largest absolute Gasteiger partial charge is 0.495 e. The van der Waals surface area contributed by atoms with E-state index in [1.54, 1.807) is 14.2 Å². The minimum atomic E-state index is -0.364. The van der Waals surface area contributed by atoms with Crippen LogP contribution in [0.2, 0.25) is 5.02 Å². The summed E-state index contributed by atoms with van der Waals surface area (Å²) in [4.78, 5) is 0. The molecule has 1 atom stereocenters. The summed E-state index contributed by atoms with van der Waals surface area (Å²) in [6.07, 6.45) is 0. The average Bonchev–Trinajstić information content (AvgIpc) is 2.45. The van der Waals surface area contributed by atoms with Gasteiger partial charge in [-0.1, -0.05) is 27.5 Å². The molecular weight excluding hydrogens is 421 g/mol. The molecule has 1 unspecified atom stereocenters. The second kappa shape index (κ2) is 7.01. The molecule has 3 nitrogen and oxygen atoms in total. The maximum Gasteiger partial charge on any atom is 0.141 e. The van der Waals surface area contributed by atoms with Gasteiger partial charge in [0.1, 0.15) is 16.0 Å². The number of benzene rings is 2. The van der Waals surface area contributed by atoms with Crippen molar-refractivity contribution in [1.82, 2.24) is 0 Å². The van der Waals surface area contributed by atoms with Gasteiger partial charge in [0.15, 0.2) is 0 Å². The van der Waals surface area contributed by atoms with Crippen LogP contribution in [0.25, 0.3) is 0 Å². The lowest BCUT2D eigenvalue weighted by Gasteiger charge is -2.19. The summed E-state index contributed by atoms with van der Waals surface area (Å²) < 4.78 is 12.4. The third kappa shape index (κ3) is 3.54. The van der Waals surface area contributed by atoms with Crippen LogP contribution in [-0.2, 0) is 0 Å². The second-order valence-electron chi connectivity index (χ2n) is 4.38. The van der Waals surface area contributed by atoms with Crippen molar-refractivity contribution in [2.75, 3.05) is 14.2 Å². The zero-order chi connectivity index (χ0) is 15.6. The summed E-state index contributed by atoms with van der Waals surface area (Å²) in [6.45, 7) is 0. The van der Waals surface area contributed by atoms with Gasteiger partial charge in [-0.3, -0.25) is 0 Å². The van der Waals surface area contributed by atoms with E-state index in [0.29, 0.717) is 16.5 Å². The minimum absolute atomic E-state index is 0.364. The first-order valence-electron chi connectivity index (χ1n) is 6.10. The Labute approximate surface area is 145 Å². The van der Waals surface area contributed by atoms with Crippen molar-refractivity contribution in [2.45, 2.75) is 6.04 Å². The molecular formula is C15H14Br2ClNO2. The molecule has 2 aromatic carbocycles. The number of ether oxygens (including phenoxy) is 2. The standard InChI is InChI=1S/C15H14Br2ClNO2/c1-20-12-4-3-11(15(21-2)13(12)17)14(19)8-5-9(16)7-10(18)6-8/h3-7,14H,19H2,1-2H3. The van der Waals surface area contributed by atoms with Crippen LogP contribution in [-0.4, -0.2) is 14.2 Å². The minimum Gasteiger partial charge on any atom is -0.495 e. The smallest absolute Gasteiger partial charge is 0.141 e. The molecule has 0 heterocycles. The first kappa shape index (κ1) is 16.6. The molecule has 0 aliphatic rings. The highest BCUT2D eigenvalue weighted by Crippen LogP contribution is 2.41. The van der Waals surface area contributed by atoms with Gasteiger partial charge in [-0.2, -0.15) is 0 Å². The Morgan fingerprint density at radius 2 is 1.81 bits per heavy atom. The van der Waals surface area contributed by atoms with E-state index in [9.17, 15) is 0 Å². The molecule has 6 heteroatoms. The van der Waals surface area contributed by atoms with Crippen LogP contribution in [0.15, 0.2) is 39.3 Å². The van der Waals surface area contributed by atoms with Crippen molar-refractivity contribution in [3.8, 4) is 11.5 Å². The van der Waals surface area contributed by atoms with Crippen molar-refractivity contribution >= 4 is 43.5 Å². The van der Waals surface area contributed by atoms with Crippen LogP contribution in [0, 0.1) is 0 Å². The summed E-state index contributed by atoms with van der Waals surface area (Å²) in [5.74, 6) is 1.34. The van der Waals surface area contributed by atoms with E-state index in [-0.39, 0.29) is 6.04 Å². The van der Waals surface area contributed by atoms with Crippen LogP contribution in [0.5, 0.6) is 11.5 Å². The first-order valence-corrected chi connectivity index (χ1v) is 8.06. The van der Waals surface area contributed by atoms with E-state index >= 15 is 0 Å². The van der Waals surface area contributed by atoms with Gasteiger partial charge in [-0.05, 0) is 51.8 Å². The Morgan fingerprint density at radius 1 is 1.10 bits per heavy atom. The molecule has 112 valence electrons. The van der Waals surface area contributed by atoms with Crippen molar-refractivity contribution in [3.63, 3.8) is 0 Å². The predicted molar refractivity (Wildman–Crippen MR) is 92.4 cm³/mol. The molecule has 0 radical (unpaired) electrons. The van der Waals surface area contributed by atoms with Gasteiger partial charge in [-0.25, -0.2) is 0 Å². The van der Waals surface area contributed by atoms with Crippen molar-refractivity contribution in [3.05, 3.63) is 55.4 Å². The zero-order valence-electron chi connectivity index (χ0n) is 11.5. The summed E-state index contributed by atoms with van der Waals surface area (Å²) in [5, 5.41) is 0.626. The van der Waals surface area contributed by atoms with E-state index < -0.39 is 0 Å². The van der Waals surface area contributed by atoms with E-state index in [1.165, 1.54) is 0 Å². The summed E-state index contributed by atoms with van der Waals surface area (Å²) in [7, 11) is 3.21. The van der Waals surface area contributed by atoms with Gasteiger partial charge in [-0.15, -0.1) is 0 Å². The highest BCUT2D eigenvalue weighted by atomic mass is 79.9. The Balaban J connectivity index is 2.52. The summed E-state index contributed by atoms with van der Waals surface area (Å²) in [6, 6.07) is 8.97. The molecule has 0 amide bonds. The molecule has 0 aliphatic heterocycles. The molecule has 0 saturated carbocycles. The van der Waals surface area contributed by atoms with Gasteiger partial charge >= 0.3 is 0 Å². The number of rotatable bonds is 4. The Kier molecular flexibility index (Phi) is 5.54. The monoisotopic (exact) mass is 433 g/mol. The third-order valence-electron chi connectivity index (χ3n) is 3.10. The molecule has 0 bridgehead atoms. The molecule has 0 fully saturated rings. The maximum atomic E-state index is 6.37. The highest BCUT2D eigenvalue weighted by molar-refractivity contribution is 9.11. The third-order valence-corrected chi connectivity index (χ3v) is 4.52. The van der Waals surface area contributed by atoms with Gasteiger partial charge in [0.05, 0.1) is 20.3 Å². The lowest BCUT2D eigenvalue weighted by atomic mass is 9.98. The Hall–Kier alpha value is -0.750. The average molecular weight is 436 g/mol. The van der Waals surface area contributed by atoms with E-state index in [0.717, 1.165) is 20.1 Å². The maximum absolute atomic E-state index is 6.37. The van der Waals surface area contributed by atoms with Gasteiger partial charge in [0, 0.05) is 15.1 Å². The molecule has 0 saturated heterocycles. The van der Waals surface area contributed by atoms with Gasteiger partial charge in [0.2, 0.25) is 0 Å². The number of nitrogens with two attached hydrogens (primary N) is 1. The fourth-order valence-corrected chi connectivity index (χ4v) is 3.67. The molecule has 2 aromatic rings. The van der Waals surface area contributed by atoms with E-state index in [4.69, 9.17) is 26.8 Å². The normalized spacial score (nSPS) is 12.1. The SMILES string of the molecule is COc1ccc(C(N)c2cc(Cl)cc(Br)c2)c(OC)c1Br. The van der Waals surface area contributed by atoms with Crippen molar-refractivity contribution in [2.24, 2.45) is 5.73 Å². The summed E-state index contributed by atoms with van der Waals surface area (Å²) in [5.41, 5.74) is 8.11. The number of hydrogen-bond acceptors (Lipinski definition) is 3. The summed E-state index contributed by atoms with van der Waals surface area (Å²) >= 11 is 13.0. The topological polar surface area (TPSA) is 44.5 Å². The number of halogens is 3. The van der Waals surface area contributed by atoms with Crippen molar-refractivity contribution in [1.29, 1.82) is 0 Å². The van der Waals surface area contributed by atoms with Gasteiger partial charge in [0.25, 0.3) is 0 Å². The molecule has 0 aromatic heterocycles. The Morgan fingerprint density at radius 3 is 2.38 bits per heavy atom. The zero-order valence-corrected chi connectivity index (χ0v) is 15.4. The molecule has 0 spiro atoms. The van der Waals surface area contributed by atoms with Crippen molar-refractivity contribution < 1.29 is 9.47 Å². The van der Waals surface area contributed by atoms with Crippen LogP contribution < -0.4 is 15.2 Å². The fourth-order valence-electron chi connectivity index (χ4n) is 2.10. The highest BCUT2D eigenvalue weighted by Gasteiger charge is 2.19. The quantitative estimate of drug-likeness (QED) is 0.741.